The van der Waals surface area contributed by atoms with Gasteiger partial charge in [-0.15, -0.1) is 4.72 Å². The number of rotatable bonds is 6. The van der Waals surface area contributed by atoms with Crippen molar-refractivity contribution in [3.63, 3.8) is 0 Å². The Hall–Kier alpha value is -0.520. The second-order valence-corrected chi connectivity index (χ2v) is 10.3. The predicted molar refractivity (Wildman–Crippen MR) is 93.7 cm³/mol. The Kier molecular flexibility index (Phi) is 7.10. The molecule has 0 aliphatic carbocycles. The van der Waals surface area contributed by atoms with Crippen molar-refractivity contribution >= 4 is 39.0 Å². The van der Waals surface area contributed by atoms with Crippen LogP contribution in [0.4, 0.5) is 22.0 Å². The number of alkyl halides is 4. The average molecular weight is 467 g/mol. The number of carbonyl (C=O) groups excluding carboxylic acids is 1. The molecule has 0 bridgehead atoms. The lowest BCUT2D eigenvalue weighted by molar-refractivity contribution is -0.173. The first-order chi connectivity index (χ1) is 11.6. The number of hydrogen-bond acceptors (Lipinski definition) is 4. The zero-order valence-corrected chi connectivity index (χ0v) is 17.0. The summed E-state index contributed by atoms with van der Waals surface area (Å²) in [5.74, 6) is -3.39. The van der Waals surface area contributed by atoms with Crippen molar-refractivity contribution in [3.05, 3.63) is 10.7 Å². The summed E-state index contributed by atoms with van der Waals surface area (Å²) in [6, 6.07) is 0. The molecule has 1 aliphatic heterocycles. The van der Waals surface area contributed by atoms with Crippen molar-refractivity contribution in [2.75, 3.05) is 6.67 Å². The van der Waals surface area contributed by atoms with Gasteiger partial charge in [0.05, 0.1) is 5.41 Å². The van der Waals surface area contributed by atoms with Gasteiger partial charge in [0.15, 0.2) is 5.97 Å². The lowest BCUT2D eigenvalue weighted by Crippen LogP contribution is -2.66. The van der Waals surface area contributed by atoms with Gasteiger partial charge in [-0.25, -0.2) is 9.38 Å². The number of ketones is 1. The van der Waals surface area contributed by atoms with Crippen LogP contribution in [-0.4, -0.2) is 39.4 Å². The van der Waals surface area contributed by atoms with Crippen LogP contribution in [-0.2, 0) is 16.2 Å². The number of Topliss-reactive ketones (excluding diaryl/α,β-unsaturated/α-hetero) is 1. The quantitative estimate of drug-likeness (QED) is 0.469. The summed E-state index contributed by atoms with van der Waals surface area (Å²) in [7, 11) is 0. The second-order valence-electron chi connectivity index (χ2n) is 7.30. The van der Waals surface area contributed by atoms with Crippen molar-refractivity contribution in [1.82, 2.24) is 4.72 Å². The third-order valence-corrected chi connectivity index (χ3v) is 6.38. The molecule has 3 atom stereocenters. The molecule has 1 rings (SSSR count). The summed E-state index contributed by atoms with van der Waals surface area (Å²) in [5.41, 5.74) is -4.37. The topological polar surface area (TPSA) is 64.5 Å². The fourth-order valence-electron chi connectivity index (χ4n) is 2.36. The first-order valence-corrected chi connectivity index (χ1v) is 9.47. The molecule has 1 N–H and O–H groups in total. The van der Waals surface area contributed by atoms with Crippen molar-refractivity contribution in [3.8, 4) is 0 Å². The Morgan fingerprint density at radius 2 is 1.96 bits per heavy atom. The van der Waals surface area contributed by atoms with Gasteiger partial charge in [0.1, 0.15) is 17.0 Å². The van der Waals surface area contributed by atoms with Gasteiger partial charge in [-0.1, -0.05) is 15.9 Å². The standard InChI is InChI=1S/C15H20BrF5N2O2S/c1-12(2,3)26(25)23-14(8-17,6-10(24)15(19,20)21)13(4)5-9(16)7-22-11(13)18/h7,23H,5-6,8H2,1-4H3/t13?,14?,26-/m1/s1. The number of hydrogen-bond donors (Lipinski definition) is 1. The van der Waals surface area contributed by atoms with Gasteiger partial charge in [-0.2, -0.15) is 17.6 Å². The van der Waals surface area contributed by atoms with Crippen LogP contribution in [0.3, 0.4) is 0 Å². The highest BCUT2D eigenvalue weighted by Crippen LogP contribution is 2.47. The van der Waals surface area contributed by atoms with Gasteiger partial charge < -0.3 is 4.55 Å². The molecule has 0 aromatic heterocycles. The Bertz CT molecular complexity index is 620. The van der Waals surface area contributed by atoms with Gasteiger partial charge >= 0.3 is 6.18 Å². The van der Waals surface area contributed by atoms with E-state index in [0.29, 0.717) is 4.48 Å². The molecular weight excluding hydrogens is 447 g/mol. The summed E-state index contributed by atoms with van der Waals surface area (Å²) in [5, 5.41) is 0. The monoisotopic (exact) mass is 466 g/mol. The molecule has 0 radical (unpaired) electrons. The summed E-state index contributed by atoms with van der Waals surface area (Å²) < 4.78 is 81.3. The Balaban J connectivity index is 3.47. The molecule has 1 heterocycles. The highest BCUT2D eigenvalue weighted by Gasteiger charge is 2.60. The van der Waals surface area contributed by atoms with Crippen LogP contribution >= 0.6 is 15.9 Å². The maximum Gasteiger partial charge on any atom is 0.450 e. The zero-order chi connectivity index (χ0) is 20.6. The van der Waals surface area contributed by atoms with Gasteiger partial charge in [0.25, 0.3) is 0 Å². The Labute approximate surface area is 160 Å². The molecule has 1 aliphatic rings. The van der Waals surface area contributed by atoms with Crippen LogP contribution in [0.1, 0.15) is 40.5 Å². The molecular formula is C15H20BrF5N2O2S. The van der Waals surface area contributed by atoms with Crippen LogP contribution in [0.15, 0.2) is 15.7 Å². The minimum absolute atomic E-state index is 0.258. The van der Waals surface area contributed by atoms with Crippen LogP contribution in [0.25, 0.3) is 0 Å². The number of carbonyl (C=O) groups is 1. The molecule has 2 unspecified atom stereocenters. The van der Waals surface area contributed by atoms with Crippen molar-refractivity contribution in [1.29, 1.82) is 0 Å². The average Bonchev–Trinajstić information content (AvgIpc) is 2.48. The highest BCUT2D eigenvalue weighted by atomic mass is 79.9. The van der Waals surface area contributed by atoms with E-state index in [9.17, 15) is 31.3 Å². The van der Waals surface area contributed by atoms with E-state index in [2.05, 4.69) is 25.6 Å². The summed E-state index contributed by atoms with van der Waals surface area (Å²) in [4.78, 5) is 15.1. The molecule has 0 saturated carbocycles. The largest absolute Gasteiger partial charge is 0.598 e. The molecule has 11 heteroatoms. The lowest BCUT2D eigenvalue weighted by atomic mass is 9.66. The second kappa shape index (κ2) is 7.84. The maximum absolute atomic E-state index is 14.6. The van der Waals surface area contributed by atoms with Crippen LogP contribution in [0, 0.1) is 5.41 Å². The molecule has 26 heavy (non-hydrogen) atoms. The molecule has 0 aromatic carbocycles. The Morgan fingerprint density at radius 1 is 1.42 bits per heavy atom. The first kappa shape index (κ1) is 23.5. The smallest absolute Gasteiger partial charge is 0.450 e. The number of halogens is 6. The minimum atomic E-state index is -5.24. The van der Waals surface area contributed by atoms with Crippen molar-refractivity contribution in [2.24, 2.45) is 10.4 Å². The van der Waals surface area contributed by atoms with E-state index in [4.69, 9.17) is 0 Å². The number of nitrogens with zero attached hydrogens (tertiary/aromatic N) is 1. The summed E-state index contributed by atoms with van der Waals surface area (Å²) in [6.07, 6.45) is -5.82. The predicted octanol–water partition coefficient (Wildman–Crippen LogP) is 4.28. The van der Waals surface area contributed by atoms with Gasteiger partial charge in [-0.3, -0.25) is 4.79 Å². The molecule has 0 amide bonds. The van der Waals surface area contributed by atoms with Crippen molar-refractivity contribution in [2.45, 2.75) is 57.0 Å². The van der Waals surface area contributed by atoms with Crippen LogP contribution in [0.2, 0.25) is 0 Å². The minimum Gasteiger partial charge on any atom is -0.598 e. The lowest BCUT2D eigenvalue weighted by Gasteiger charge is -2.47. The molecule has 0 fully saturated rings. The number of allylic oxidation sites excluding steroid dienone is 1. The van der Waals surface area contributed by atoms with Crippen LogP contribution in [0.5, 0.6) is 0 Å². The fraction of sp³-hybridized carbons (Fsp3) is 0.733. The number of aliphatic imine (C=N–C) groups is 1. The zero-order valence-electron chi connectivity index (χ0n) is 14.6. The SMILES string of the molecule is CC(C)(C)[S@@+]([O-])NC(CF)(CC(=O)C(F)(F)F)C1(C)CC(Br)=CN=C1F. The fourth-order valence-corrected chi connectivity index (χ4v) is 4.04. The first-order valence-electron chi connectivity index (χ1n) is 7.53. The normalized spacial score (nSPS) is 25.2. The van der Waals surface area contributed by atoms with Gasteiger partial charge in [0, 0.05) is 28.5 Å². The molecule has 4 nitrogen and oxygen atoms in total. The van der Waals surface area contributed by atoms with E-state index in [1.807, 2.05) is 0 Å². The molecule has 150 valence electrons. The van der Waals surface area contributed by atoms with E-state index >= 15 is 0 Å². The molecule has 0 spiro atoms. The van der Waals surface area contributed by atoms with E-state index < -0.39 is 58.1 Å². The molecule has 0 aromatic rings. The van der Waals surface area contributed by atoms with E-state index in [1.54, 1.807) is 0 Å². The third kappa shape index (κ3) is 4.85. The summed E-state index contributed by atoms with van der Waals surface area (Å²) >= 11 is 1.01. The van der Waals surface area contributed by atoms with E-state index in [1.165, 1.54) is 20.8 Å². The van der Waals surface area contributed by atoms with Crippen molar-refractivity contribution < 1.29 is 31.3 Å². The van der Waals surface area contributed by atoms with Gasteiger partial charge in [-0.05, 0) is 34.1 Å². The maximum atomic E-state index is 14.6. The Morgan fingerprint density at radius 3 is 2.38 bits per heavy atom. The van der Waals surface area contributed by atoms with Gasteiger partial charge in [0.2, 0.25) is 5.78 Å². The van der Waals surface area contributed by atoms with E-state index in [-0.39, 0.29) is 6.42 Å². The van der Waals surface area contributed by atoms with Crippen LogP contribution < -0.4 is 4.72 Å². The number of nitrogens with one attached hydrogen (secondary N) is 1. The van der Waals surface area contributed by atoms with E-state index in [0.717, 1.165) is 13.1 Å². The molecule has 0 saturated heterocycles. The highest BCUT2D eigenvalue weighted by molar-refractivity contribution is 9.11. The third-order valence-electron chi connectivity index (χ3n) is 4.20. The summed E-state index contributed by atoms with van der Waals surface area (Å²) in [6.45, 7) is 4.11.